The second-order valence-electron chi connectivity index (χ2n) is 7.38. The lowest BCUT2D eigenvalue weighted by Crippen LogP contribution is -2.52. The van der Waals surface area contributed by atoms with Crippen LogP contribution in [0.5, 0.6) is 0 Å². The summed E-state index contributed by atoms with van der Waals surface area (Å²) in [5.74, 6) is -0.797. The lowest BCUT2D eigenvalue weighted by Gasteiger charge is -2.29. The highest BCUT2D eigenvalue weighted by atomic mass is 16.5. The van der Waals surface area contributed by atoms with E-state index in [1.165, 1.54) is 0 Å². The minimum atomic E-state index is -0.575. The zero-order valence-electron chi connectivity index (χ0n) is 16.3. The van der Waals surface area contributed by atoms with Crippen LogP contribution in [0.15, 0.2) is 18.2 Å². The van der Waals surface area contributed by atoms with Crippen molar-refractivity contribution in [1.29, 1.82) is 0 Å². The van der Waals surface area contributed by atoms with Gasteiger partial charge in [-0.1, -0.05) is 12.1 Å². The summed E-state index contributed by atoms with van der Waals surface area (Å²) in [6, 6.07) is 5.32. The highest BCUT2D eigenvalue weighted by Gasteiger charge is 2.39. The summed E-state index contributed by atoms with van der Waals surface area (Å²) in [5, 5.41) is 2.33. The van der Waals surface area contributed by atoms with Crippen LogP contribution in [0.1, 0.15) is 40.7 Å². The Labute approximate surface area is 165 Å². The van der Waals surface area contributed by atoms with Gasteiger partial charge in [0.25, 0.3) is 5.91 Å². The summed E-state index contributed by atoms with van der Waals surface area (Å²) in [6.07, 6.45) is 1.50. The van der Waals surface area contributed by atoms with Crippen LogP contribution in [0.3, 0.4) is 0 Å². The van der Waals surface area contributed by atoms with E-state index < -0.39 is 6.04 Å². The molecule has 1 aromatic carbocycles. The molecule has 0 radical (unpaired) electrons. The Hall–Kier alpha value is -2.29. The number of carbonyl (C=O) groups is 3. The van der Waals surface area contributed by atoms with E-state index in [2.05, 4.69) is 10.2 Å². The fourth-order valence-corrected chi connectivity index (χ4v) is 3.60. The predicted molar refractivity (Wildman–Crippen MR) is 103 cm³/mol. The molecule has 3 N–H and O–H groups in total. The smallest absolute Gasteiger partial charge is 0.255 e. The third-order valence-electron chi connectivity index (χ3n) is 5.16. The van der Waals surface area contributed by atoms with Crippen molar-refractivity contribution < 1.29 is 19.1 Å². The van der Waals surface area contributed by atoms with Crippen LogP contribution in [-0.4, -0.2) is 66.9 Å². The quantitative estimate of drug-likeness (QED) is 0.464. The van der Waals surface area contributed by atoms with Crippen molar-refractivity contribution in [2.45, 2.75) is 38.4 Å². The highest BCUT2D eigenvalue weighted by Crippen LogP contribution is 2.28. The molecule has 152 valence electrons. The first-order valence-corrected chi connectivity index (χ1v) is 9.72. The van der Waals surface area contributed by atoms with Crippen LogP contribution in [0.4, 0.5) is 0 Å². The van der Waals surface area contributed by atoms with Gasteiger partial charge in [0.1, 0.15) is 6.04 Å². The molecule has 2 aliphatic heterocycles. The molecule has 28 heavy (non-hydrogen) atoms. The topological polar surface area (TPSA) is 105 Å². The normalized spacial score (nSPS) is 19.3. The maximum atomic E-state index is 12.9. The highest BCUT2D eigenvalue weighted by molar-refractivity contribution is 6.05. The van der Waals surface area contributed by atoms with Crippen molar-refractivity contribution in [3.05, 3.63) is 34.9 Å². The Balaban J connectivity index is 1.58. The number of amides is 3. The van der Waals surface area contributed by atoms with Gasteiger partial charge in [0, 0.05) is 38.2 Å². The molecule has 2 aliphatic rings. The maximum absolute atomic E-state index is 12.9. The first kappa shape index (κ1) is 20.4. The number of carbonyl (C=O) groups excluding carboxylic acids is 3. The van der Waals surface area contributed by atoms with E-state index in [9.17, 15) is 14.4 Å². The van der Waals surface area contributed by atoms with E-state index in [0.717, 1.165) is 24.1 Å². The molecule has 0 aliphatic carbocycles. The summed E-state index contributed by atoms with van der Waals surface area (Å²) < 4.78 is 5.53. The van der Waals surface area contributed by atoms with Crippen molar-refractivity contribution in [1.82, 2.24) is 15.1 Å². The van der Waals surface area contributed by atoms with E-state index in [-0.39, 0.29) is 24.1 Å². The summed E-state index contributed by atoms with van der Waals surface area (Å²) in [5.41, 5.74) is 8.05. The molecule has 0 saturated carbocycles. The molecule has 0 bridgehead atoms. The lowest BCUT2D eigenvalue weighted by atomic mass is 10.0. The van der Waals surface area contributed by atoms with Crippen molar-refractivity contribution in [3.63, 3.8) is 0 Å². The number of ether oxygens (including phenoxy) is 1. The molecule has 0 spiro atoms. The molecule has 1 saturated heterocycles. The lowest BCUT2D eigenvalue weighted by molar-refractivity contribution is -0.136. The van der Waals surface area contributed by atoms with Gasteiger partial charge in [0.2, 0.25) is 11.8 Å². The fourth-order valence-electron chi connectivity index (χ4n) is 3.60. The summed E-state index contributed by atoms with van der Waals surface area (Å²) in [6.45, 7) is 3.86. The van der Waals surface area contributed by atoms with Gasteiger partial charge in [-0.3, -0.25) is 24.6 Å². The van der Waals surface area contributed by atoms with Gasteiger partial charge in [-0.25, -0.2) is 0 Å². The van der Waals surface area contributed by atoms with Crippen molar-refractivity contribution >= 4 is 17.7 Å². The van der Waals surface area contributed by atoms with Gasteiger partial charge in [-0.05, 0) is 43.6 Å². The predicted octanol–water partition coefficient (Wildman–Crippen LogP) is 0.245. The van der Waals surface area contributed by atoms with Gasteiger partial charge < -0.3 is 15.4 Å². The maximum Gasteiger partial charge on any atom is 0.255 e. The zero-order chi connectivity index (χ0) is 20.1. The monoisotopic (exact) mass is 388 g/mol. The SMILES string of the molecule is CN(CCOCCCN)Cc1ccc2c(c1)C(=O)N(C1CCC(=O)NC1=O)C2. The molecule has 1 aromatic rings. The fraction of sp³-hybridized carbons (Fsp3) is 0.550. The summed E-state index contributed by atoms with van der Waals surface area (Å²) in [4.78, 5) is 40.0. The molecule has 3 amide bonds. The number of imide groups is 1. The Morgan fingerprint density at radius 2 is 2.11 bits per heavy atom. The minimum Gasteiger partial charge on any atom is -0.380 e. The third kappa shape index (κ3) is 4.76. The first-order valence-electron chi connectivity index (χ1n) is 9.72. The minimum absolute atomic E-state index is 0.140. The third-order valence-corrected chi connectivity index (χ3v) is 5.16. The average Bonchev–Trinajstić information content (AvgIpc) is 2.98. The number of nitrogens with one attached hydrogen (secondary N) is 1. The standard InChI is InChI=1S/C20H28N4O4/c1-23(8-10-28-9-2-7-21)12-14-3-4-15-13-24(20(27)16(15)11-14)17-5-6-18(25)22-19(17)26/h3-4,11,17H,2,5-10,12-13,21H2,1H3,(H,22,25,26). The van der Waals surface area contributed by atoms with Crippen molar-refractivity contribution in [3.8, 4) is 0 Å². The van der Waals surface area contributed by atoms with E-state index in [0.29, 0.717) is 44.8 Å². The number of nitrogens with two attached hydrogens (primary N) is 1. The van der Waals surface area contributed by atoms with Crippen LogP contribution >= 0.6 is 0 Å². The number of fused-ring (bicyclic) bond motifs is 1. The van der Waals surface area contributed by atoms with Crippen molar-refractivity contribution in [2.75, 3.05) is 33.4 Å². The number of piperidine rings is 1. The summed E-state index contributed by atoms with van der Waals surface area (Å²) >= 11 is 0. The number of rotatable bonds is 9. The van der Waals surface area contributed by atoms with Gasteiger partial charge in [0.15, 0.2) is 0 Å². The number of hydrogen-bond donors (Lipinski definition) is 2. The number of hydrogen-bond acceptors (Lipinski definition) is 6. The van der Waals surface area contributed by atoms with Crippen LogP contribution in [-0.2, 0) is 27.4 Å². The van der Waals surface area contributed by atoms with Crippen molar-refractivity contribution in [2.24, 2.45) is 5.73 Å². The van der Waals surface area contributed by atoms with Gasteiger partial charge in [0.05, 0.1) is 6.61 Å². The van der Waals surface area contributed by atoms with E-state index in [1.54, 1.807) is 4.90 Å². The second kappa shape index (κ2) is 9.27. The van der Waals surface area contributed by atoms with Gasteiger partial charge >= 0.3 is 0 Å². The first-order chi connectivity index (χ1) is 13.5. The molecule has 0 aromatic heterocycles. The van der Waals surface area contributed by atoms with Crippen LogP contribution < -0.4 is 11.1 Å². The Bertz CT molecular complexity index is 752. The van der Waals surface area contributed by atoms with Crippen LogP contribution in [0.2, 0.25) is 0 Å². The van der Waals surface area contributed by atoms with E-state index >= 15 is 0 Å². The van der Waals surface area contributed by atoms with Crippen LogP contribution in [0, 0.1) is 0 Å². The largest absolute Gasteiger partial charge is 0.380 e. The molecule has 1 atom stereocenters. The molecule has 3 rings (SSSR count). The summed E-state index contributed by atoms with van der Waals surface area (Å²) in [7, 11) is 2.01. The Morgan fingerprint density at radius 1 is 1.29 bits per heavy atom. The molecular weight excluding hydrogens is 360 g/mol. The second-order valence-corrected chi connectivity index (χ2v) is 7.38. The molecule has 2 heterocycles. The molecular formula is C20H28N4O4. The van der Waals surface area contributed by atoms with E-state index in [1.807, 2.05) is 25.2 Å². The molecule has 8 heteroatoms. The number of likely N-dealkylation sites (N-methyl/N-ethyl adjacent to an activating group) is 1. The van der Waals surface area contributed by atoms with E-state index in [4.69, 9.17) is 10.5 Å². The van der Waals surface area contributed by atoms with Crippen LogP contribution in [0.25, 0.3) is 0 Å². The Kier molecular flexibility index (Phi) is 6.77. The average molecular weight is 388 g/mol. The Morgan fingerprint density at radius 3 is 2.86 bits per heavy atom. The van der Waals surface area contributed by atoms with Gasteiger partial charge in [-0.2, -0.15) is 0 Å². The zero-order valence-corrected chi connectivity index (χ0v) is 16.3. The number of benzene rings is 1. The molecule has 1 fully saturated rings. The number of nitrogens with zero attached hydrogens (tertiary/aromatic N) is 2. The molecule has 8 nitrogen and oxygen atoms in total. The molecule has 1 unspecified atom stereocenters. The van der Waals surface area contributed by atoms with Gasteiger partial charge in [-0.15, -0.1) is 0 Å².